The van der Waals surface area contributed by atoms with Crippen molar-refractivity contribution in [1.29, 1.82) is 0 Å². The van der Waals surface area contributed by atoms with Gasteiger partial charge in [-0.15, -0.1) is 0 Å². The van der Waals surface area contributed by atoms with Crippen molar-refractivity contribution in [2.24, 2.45) is 0 Å². The third kappa shape index (κ3) is 3.85. The van der Waals surface area contributed by atoms with Crippen molar-refractivity contribution >= 4 is 11.7 Å². The van der Waals surface area contributed by atoms with Crippen LogP contribution in [0.25, 0.3) is 0 Å². The van der Waals surface area contributed by atoms with Gasteiger partial charge in [0.25, 0.3) is 5.91 Å². The van der Waals surface area contributed by atoms with E-state index in [2.05, 4.69) is 10.4 Å². The van der Waals surface area contributed by atoms with E-state index in [1.807, 2.05) is 25.9 Å². The van der Waals surface area contributed by atoms with Gasteiger partial charge in [-0.05, 0) is 40.1 Å². The monoisotopic (exact) mass is 278 g/mol. The highest BCUT2D eigenvalue weighted by molar-refractivity contribution is 6.05. The number of carbonyl (C=O) groups excluding carboxylic acids is 2. The first-order valence-corrected chi connectivity index (χ1v) is 6.50. The molecule has 1 rings (SSSR count). The van der Waals surface area contributed by atoms with Crippen molar-refractivity contribution in [1.82, 2.24) is 20.3 Å². The number of ketones is 1. The third-order valence-corrected chi connectivity index (χ3v) is 2.92. The third-order valence-electron chi connectivity index (χ3n) is 2.92. The van der Waals surface area contributed by atoms with Crippen LogP contribution in [-0.2, 0) is 0 Å². The number of carbonyl (C=O) groups is 2. The van der Waals surface area contributed by atoms with Crippen molar-refractivity contribution in [2.75, 3.05) is 27.7 Å². The number of nitrogens with one attached hydrogen (secondary N) is 1. The largest absolute Gasteiger partial charge is 0.307 e. The zero-order valence-electron chi connectivity index (χ0n) is 12.7. The number of hydrogen-bond donors (Lipinski definition) is 1. The second kappa shape index (κ2) is 7.12. The fourth-order valence-electron chi connectivity index (χ4n) is 2.11. The molecule has 1 unspecified atom stereocenters. The second-order valence-electron chi connectivity index (χ2n) is 4.97. The van der Waals surface area contributed by atoms with Gasteiger partial charge in [-0.1, -0.05) is 0 Å². The van der Waals surface area contributed by atoms with Crippen LogP contribution in [-0.4, -0.2) is 60.3 Å². The molecular formula is C14H22N4O2. The molecule has 1 aromatic rings. The van der Waals surface area contributed by atoms with Crippen LogP contribution in [0.5, 0.6) is 0 Å². The van der Waals surface area contributed by atoms with Crippen LogP contribution in [0.4, 0.5) is 0 Å². The van der Waals surface area contributed by atoms with Gasteiger partial charge in [0, 0.05) is 25.4 Å². The summed E-state index contributed by atoms with van der Waals surface area (Å²) < 4.78 is 0. The zero-order valence-corrected chi connectivity index (χ0v) is 12.7. The van der Waals surface area contributed by atoms with Crippen LogP contribution in [0.1, 0.15) is 34.7 Å². The Kier molecular flexibility index (Phi) is 5.79. The number of hydrogen-bond acceptors (Lipinski definition) is 5. The number of likely N-dealkylation sites (N-methyl/N-ethyl adjacent to an activating group) is 1. The first-order valence-electron chi connectivity index (χ1n) is 6.50. The molecule has 1 amide bonds. The van der Waals surface area contributed by atoms with E-state index in [4.69, 9.17) is 0 Å². The lowest BCUT2D eigenvalue weighted by Crippen LogP contribution is -2.50. The van der Waals surface area contributed by atoms with E-state index >= 15 is 0 Å². The Morgan fingerprint density at radius 1 is 1.40 bits per heavy atom. The lowest BCUT2D eigenvalue weighted by molar-refractivity contribution is 0.0550. The quantitative estimate of drug-likeness (QED) is 0.616. The Hall–Kier alpha value is -1.79. The van der Waals surface area contributed by atoms with Gasteiger partial charge in [-0.2, -0.15) is 0 Å². The molecule has 0 spiro atoms. The Morgan fingerprint density at radius 2 is 2.05 bits per heavy atom. The average Bonchev–Trinajstić information content (AvgIpc) is 2.38. The normalized spacial score (nSPS) is 12.3. The number of aromatic nitrogens is 1. The number of hydrazine groups is 1. The minimum atomic E-state index is -0.298. The fraction of sp³-hybridized carbons (Fsp3) is 0.500. The van der Waals surface area contributed by atoms with E-state index in [0.717, 1.165) is 0 Å². The van der Waals surface area contributed by atoms with E-state index in [9.17, 15) is 9.59 Å². The molecule has 0 aliphatic heterocycles. The Balaban J connectivity index is 3.06. The molecule has 0 saturated carbocycles. The lowest BCUT2D eigenvalue weighted by Gasteiger charge is -2.30. The van der Waals surface area contributed by atoms with Crippen molar-refractivity contribution in [3.8, 4) is 0 Å². The summed E-state index contributed by atoms with van der Waals surface area (Å²) in [6, 6.07) is 3.22. The average molecular weight is 278 g/mol. The fourth-order valence-corrected chi connectivity index (χ4v) is 2.11. The summed E-state index contributed by atoms with van der Waals surface area (Å²) >= 11 is 0. The van der Waals surface area contributed by atoms with E-state index in [-0.39, 0.29) is 23.4 Å². The standard InChI is InChI=1S/C14H22N4O2/c1-10(9-17(4)5)18(15-3)14(20)13-12(11(2)19)7-6-8-16-13/h6-8,10,15H,9H2,1-5H3. The Bertz CT molecular complexity index is 488. The summed E-state index contributed by atoms with van der Waals surface area (Å²) in [6.45, 7) is 4.07. The van der Waals surface area contributed by atoms with Gasteiger partial charge in [0.05, 0.1) is 6.04 Å². The number of Topliss-reactive ketones (excluding diaryl/α,β-unsaturated/α-hetero) is 1. The summed E-state index contributed by atoms with van der Waals surface area (Å²) in [5.41, 5.74) is 3.40. The first kappa shape index (κ1) is 16.3. The summed E-state index contributed by atoms with van der Waals surface area (Å²) in [6.07, 6.45) is 1.52. The number of pyridine rings is 1. The van der Waals surface area contributed by atoms with E-state index in [1.165, 1.54) is 18.1 Å². The summed E-state index contributed by atoms with van der Waals surface area (Å²) in [4.78, 5) is 30.2. The summed E-state index contributed by atoms with van der Waals surface area (Å²) in [5, 5.41) is 1.49. The highest BCUT2D eigenvalue weighted by atomic mass is 16.2. The van der Waals surface area contributed by atoms with Gasteiger partial charge in [-0.25, -0.2) is 5.43 Å². The number of nitrogens with zero attached hydrogens (tertiary/aromatic N) is 3. The van der Waals surface area contributed by atoms with Gasteiger partial charge >= 0.3 is 0 Å². The molecule has 0 radical (unpaired) electrons. The molecule has 6 heteroatoms. The predicted molar refractivity (Wildman–Crippen MR) is 77.5 cm³/mol. The highest BCUT2D eigenvalue weighted by Crippen LogP contribution is 2.11. The van der Waals surface area contributed by atoms with Gasteiger partial charge in [0.1, 0.15) is 5.69 Å². The van der Waals surface area contributed by atoms with Crippen LogP contribution in [0, 0.1) is 0 Å². The number of amides is 1. The molecule has 0 fully saturated rings. The molecule has 20 heavy (non-hydrogen) atoms. The molecule has 0 aliphatic rings. The van der Waals surface area contributed by atoms with Crippen LogP contribution < -0.4 is 5.43 Å². The van der Waals surface area contributed by atoms with Crippen molar-refractivity contribution in [3.63, 3.8) is 0 Å². The maximum atomic E-state index is 12.6. The molecule has 1 heterocycles. The van der Waals surface area contributed by atoms with Crippen LogP contribution in [0.15, 0.2) is 18.3 Å². The van der Waals surface area contributed by atoms with Gasteiger partial charge in [0.15, 0.2) is 5.78 Å². The predicted octanol–water partition coefficient (Wildman–Crippen LogP) is 0.811. The Labute approximate surface area is 119 Å². The molecule has 0 saturated heterocycles. The molecule has 6 nitrogen and oxygen atoms in total. The summed E-state index contributed by atoms with van der Waals surface area (Å²) in [5.74, 6) is -0.467. The highest BCUT2D eigenvalue weighted by Gasteiger charge is 2.25. The smallest absolute Gasteiger partial charge is 0.287 e. The molecule has 1 N–H and O–H groups in total. The zero-order chi connectivity index (χ0) is 15.3. The minimum Gasteiger partial charge on any atom is -0.307 e. The maximum Gasteiger partial charge on any atom is 0.287 e. The topological polar surface area (TPSA) is 65.5 Å². The lowest BCUT2D eigenvalue weighted by atomic mass is 10.1. The van der Waals surface area contributed by atoms with Crippen molar-refractivity contribution < 1.29 is 9.59 Å². The van der Waals surface area contributed by atoms with Gasteiger partial charge in [-0.3, -0.25) is 19.6 Å². The minimum absolute atomic E-state index is 0.0516. The van der Waals surface area contributed by atoms with Gasteiger partial charge < -0.3 is 4.90 Å². The van der Waals surface area contributed by atoms with Crippen LogP contribution in [0.2, 0.25) is 0 Å². The maximum absolute atomic E-state index is 12.6. The molecule has 0 bridgehead atoms. The first-order chi connectivity index (χ1) is 9.38. The van der Waals surface area contributed by atoms with E-state index in [0.29, 0.717) is 12.1 Å². The number of rotatable bonds is 6. The molecule has 1 atom stereocenters. The van der Waals surface area contributed by atoms with Crippen molar-refractivity contribution in [3.05, 3.63) is 29.6 Å². The second-order valence-corrected chi connectivity index (χ2v) is 4.97. The summed E-state index contributed by atoms with van der Waals surface area (Å²) in [7, 11) is 5.56. The molecule has 0 aliphatic carbocycles. The molecule has 1 aromatic heterocycles. The van der Waals surface area contributed by atoms with Crippen molar-refractivity contribution in [2.45, 2.75) is 19.9 Å². The Morgan fingerprint density at radius 3 is 2.55 bits per heavy atom. The molecule has 110 valence electrons. The SMILES string of the molecule is CNN(C(=O)c1ncccc1C(C)=O)C(C)CN(C)C. The molecular weight excluding hydrogens is 256 g/mol. The van der Waals surface area contributed by atoms with E-state index in [1.54, 1.807) is 19.2 Å². The van der Waals surface area contributed by atoms with Gasteiger partial charge in [0.2, 0.25) is 0 Å². The molecule has 0 aromatic carbocycles. The van der Waals surface area contributed by atoms with E-state index < -0.39 is 0 Å². The van der Waals surface area contributed by atoms with Crippen LogP contribution >= 0.6 is 0 Å². The van der Waals surface area contributed by atoms with Crippen LogP contribution in [0.3, 0.4) is 0 Å².